The molecule has 0 aliphatic carbocycles. The highest BCUT2D eigenvalue weighted by Gasteiger charge is 2.09. The van der Waals surface area contributed by atoms with Crippen LogP contribution in [0.25, 0.3) is 0 Å². The van der Waals surface area contributed by atoms with Crippen molar-refractivity contribution in [3.05, 3.63) is 29.6 Å². The summed E-state index contributed by atoms with van der Waals surface area (Å²) in [5, 5.41) is 8.43. The molecule has 0 bridgehead atoms. The normalized spacial score (nSPS) is 11.9. The van der Waals surface area contributed by atoms with E-state index in [1.807, 2.05) is 13.0 Å². The molecule has 0 saturated heterocycles. The molecule has 16 heavy (non-hydrogen) atoms. The number of nitriles is 1. The second-order valence-corrected chi connectivity index (χ2v) is 3.57. The van der Waals surface area contributed by atoms with E-state index in [4.69, 9.17) is 15.7 Å². The summed E-state index contributed by atoms with van der Waals surface area (Å²) < 4.78 is 18.3. The predicted octanol–water partition coefficient (Wildman–Crippen LogP) is 2.01. The molecule has 0 aliphatic rings. The topological polar surface area (TPSA) is 59.0 Å². The first kappa shape index (κ1) is 12.5. The van der Waals surface area contributed by atoms with Gasteiger partial charge < -0.3 is 10.5 Å². The Hall–Kier alpha value is -1.60. The molecule has 0 amide bonds. The van der Waals surface area contributed by atoms with E-state index in [-0.39, 0.29) is 18.5 Å². The Labute approximate surface area is 94.6 Å². The summed E-state index contributed by atoms with van der Waals surface area (Å²) in [4.78, 5) is 0. The highest BCUT2D eigenvalue weighted by molar-refractivity contribution is 5.34. The third kappa shape index (κ3) is 3.52. The molecular weight excluding hydrogens is 207 g/mol. The lowest BCUT2D eigenvalue weighted by atomic mass is 10.0. The Bertz CT molecular complexity index is 387. The average Bonchev–Trinajstić information content (AvgIpc) is 2.28. The van der Waals surface area contributed by atoms with Crippen LogP contribution in [-0.4, -0.2) is 12.6 Å². The summed E-state index contributed by atoms with van der Waals surface area (Å²) in [5.41, 5.74) is 6.52. The van der Waals surface area contributed by atoms with E-state index in [1.165, 1.54) is 18.2 Å². The van der Waals surface area contributed by atoms with Crippen molar-refractivity contribution in [2.45, 2.75) is 25.8 Å². The fourth-order valence-corrected chi connectivity index (χ4v) is 1.39. The Morgan fingerprint density at radius 3 is 2.94 bits per heavy atom. The fraction of sp³-hybridized carbons (Fsp3) is 0.417. The first-order chi connectivity index (χ1) is 7.67. The van der Waals surface area contributed by atoms with Gasteiger partial charge in [0.25, 0.3) is 0 Å². The van der Waals surface area contributed by atoms with Crippen molar-refractivity contribution in [2.24, 2.45) is 5.73 Å². The van der Waals surface area contributed by atoms with Gasteiger partial charge in [-0.3, -0.25) is 0 Å². The number of ether oxygens (including phenoxy) is 1. The molecule has 0 aromatic heterocycles. The van der Waals surface area contributed by atoms with E-state index in [1.54, 1.807) is 0 Å². The van der Waals surface area contributed by atoms with Crippen molar-refractivity contribution < 1.29 is 9.13 Å². The highest BCUT2D eigenvalue weighted by atomic mass is 19.1. The number of nitrogens with zero attached hydrogens (tertiary/aromatic N) is 1. The minimum absolute atomic E-state index is 0.0220. The molecule has 4 heteroatoms. The van der Waals surface area contributed by atoms with Crippen molar-refractivity contribution in [1.29, 1.82) is 5.26 Å². The van der Waals surface area contributed by atoms with Gasteiger partial charge in [-0.15, -0.1) is 0 Å². The Balaban J connectivity index is 2.85. The zero-order chi connectivity index (χ0) is 12.0. The minimum Gasteiger partial charge on any atom is -0.478 e. The van der Waals surface area contributed by atoms with Crippen LogP contribution in [0.5, 0.6) is 5.75 Å². The monoisotopic (exact) mass is 222 g/mol. The first-order valence-electron chi connectivity index (χ1n) is 5.21. The maximum absolute atomic E-state index is 13.1. The molecule has 0 saturated carbocycles. The largest absolute Gasteiger partial charge is 0.478 e. The quantitative estimate of drug-likeness (QED) is 0.829. The van der Waals surface area contributed by atoms with E-state index in [9.17, 15) is 4.39 Å². The van der Waals surface area contributed by atoms with Gasteiger partial charge in [-0.05, 0) is 36.6 Å². The molecule has 0 heterocycles. The van der Waals surface area contributed by atoms with Crippen LogP contribution in [0, 0.1) is 17.1 Å². The van der Waals surface area contributed by atoms with Crippen LogP contribution in [0.1, 0.15) is 18.9 Å². The van der Waals surface area contributed by atoms with Crippen LogP contribution >= 0.6 is 0 Å². The van der Waals surface area contributed by atoms with Crippen LogP contribution < -0.4 is 10.5 Å². The molecule has 1 unspecified atom stereocenters. The van der Waals surface area contributed by atoms with Crippen LogP contribution in [0.2, 0.25) is 0 Å². The molecule has 2 N–H and O–H groups in total. The second kappa shape index (κ2) is 6.09. The van der Waals surface area contributed by atoms with Crippen molar-refractivity contribution >= 4 is 0 Å². The summed E-state index contributed by atoms with van der Waals surface area (Å²) in [6.07, 6.45) is 1.36. The lowest BCUT2D eigenvalue weighted by Gasteiger charge is -2.13. The lowest BCUT2D eigenvalue weighted by molar-refractivity contribution is 0.361. The third-order valence-electron chi connectivity index (χ3n) is 2.32. The summed E-state index contributed by atoms with van der Waals surface area (Å²) in [6, 6.07) is 6.11. The summed E-state index contributed by atoms with van der Waals surface area (Å²) in [7, 11) is 0. The second-order valence-electron chi connectivity index (χ2n) is 3.57. The van der Waals surface area contributed by atoms with Gasteiger partial charge in [-0.2, -0.15) is 5.26 Å². The highest BCUT2D eigenvalue weighted by Crippen LogP contribution is 2.21. The molecule has 1 aromatic rings. The van der Waals surface area contributed by atoms with Gasteiger partial charge in [-0.25, -0.2) is 4.39 Å². The Morgan fingerprint density at radius 1 is 1.56 bits per heavy atom. The number of hydrogen-bond donors (Lipinski definition) is 1. The van der Waals surface area contributed by atoms with Crippen LogP contribution in [0.4, 0.5) is 4.39 Å². The Morgan fingerprint density at radius 2 is 2.31 bits per heavy atom. The number of hydrogen-bond acceptors (Lipinski definition) is 3. The maximum atomic E-state index is 13.1. The Kier molecular flexibility index (Phi) is 4.74. The molecule has 1 atom stereocenters. The molecule has 0 aliphatic heterocycles. The number of rotatable bonds is 5. The van der Waals surface area contributed by atoms with E-state index < -0.39 is 0 Å². The van der Waals surface area contributed by atoms with Crippen molar-refractivity contribution in [2.75, 3.05) is 6.61 Å². The number of nitrogens with two attached hydrogens (primary N) is 1. The van der Waals surface area contributed by atoms with Gasteiger partial charge in [0.05, 0.1) is 0 Å². The zero-order valence-corrected chi connectivity index (χ0v) is 9.24. The van der Waals surface area contributed by atoms with Crippen LogP contribution in [0.15, 0.2) is 18.2 Å². The van der Waals surface area contributed by atoms with Crippen molar-refractivity contribution in [1.82, 2.24) is 0 Å². The smallest absolute Gasteiger partial charge is 0.174 e. The number of halogens is 1. The maximum Gasteiger partial charge on any atom is 0.174 e. The van der Waals surface area contributed by atoms with Gasteiger partial charge in [0.15, 0.2) is 6.61 Å². The molecule has 1 rings (SSSR count). The van der Waals surface area contributed by atoms with Crippen LogP contribution in [0.3, 0.4) is 0 Å². The third-order valence-corrected chi connectivity index (χ3v) is 2.32. The number of benzene rings is 1. The SMILES string of the molecule is CCC(N)Cc1cc(F)ccc1OCC#N. The molecule has 3 nitrogen and oxygen atoms in total. The van der Waals surface area contributed by atoms with Gasteiger partial charge in [0.2, 0.25) is 0 Å². The van der Waals surface area contributed by atoms with Gasteiger partial charge in [0.1, 0.15) is 17.6 Å². The molecule has 1 aromatic carbocycles. The van der Waals surface area contributed by atoms with Gasteiger partial charge in [-0.1, -0.05) is 6.92 Å². The van der Waals surface area contributed by atoms with Crippen LogP contribution in [-0.2, 0) is 6.42 Å². The van der Waals surface area contributed by atoms with E-state index >= 15 is 0 Å². The summed E-state index contributed by atoms with van der Waals surface area (Å²) >= 11 is 0. The van der Waals surface area contributed by atoms with Crippen molar-refractivity contribution in [3.8, 4) is 11.8 Å². The first-order valence-corrected chi connectivity index (χ1v) is 5.21. The molecular formula is C12H15FN2O. The molecule has 0 fully saturated rings. The van der Waals surface area contributed by atoms with Gasteiger partial charge >= 0.3 is 0 Å². The predicted molar refractivity (Wildman–Crippen MR) is 59.5 cm³/mol. The lowest BCUT2D eigenvalue weighted by Crippen LogP contribution is -2.21. The minimum atomic E-state index is -0.317. The fourth-order valence-electron chi connectivity index (χ4n) is 1.39. The van der Waals surface area contributed by atoms with E-state index in [2.05, 4.69) is 0 Å². The summed E-state index contributed by atoms with van der Waals surface area (Å²) in [5.74, 6) is 0.217. The summed E-state index contributed by atoms with van der Waals surface area (Å²) in [6.45, 7) is 1.93. The molecule has 86 valence electrons. The molecule has 0 spiro atoms. The molecule has 0 radical (unpaired) electrons. The van der Waals surface area contributed by atoms with E-state index in [0.717, 1.165) is 6.42 Å². The zero-order valence-electron chi connectivity index (χ0n) is 9.24. The van der Waals surface area contributed by atoms with Gasteiger partial charge in [0, 0.05) is 6.04 Å². The average molecular weight is 222 g/mol. The van der Waals surface area contributed by atoms with Crippen molar-refractivity contribution in [3.63, 3.8) is 0 Å². The van der Waals surface area contributed by atoms with E-state index in [0.29, 0.717) is 17.7 Å². The standard InChI is InChI=1S/C12H15FN2O/c1-2-11(15)8-9-7-10(13)3-4-12(9)16-6-5-14/h3-4,7,11H,2,6,8,15H2,1H3.